The van der Waals surface area contributed by atoms with Crippen LogP contribution in [-0.2, 0) is 19.4 Å². The zero-order valence-electron chi connectivity index (χ0n) is 24.4. The fourth-order valence-electron chi connectivity index (χ4n) is 5.99. The number of hydrogen-bond acceptors (Lipinski definition) is 7. The normalized spacial score (nSPS) is 17.8. The summed E-state index contributed by atoms with van der Waals surface area (Å²) in [6.45, 7) is 15.0. The Morgan fingerprint density at radius 3 is 2.52 bits per heavy atom. The van der Waals surface area contributed by atoms with Gasteiger partial charge in [-0.2, -0.15) is 0 Å². The second-order valence-corrected chi connectivity index (χ2v) is 16.0. The molecule has 0 bridgehead atoms. The topological polar surface area (TPSA) is 67.1 Å². The van der Waals surface area contributed by atoms with Crippen LogP contribution in [0.1, 0.15) is 63.6 Å². The number of nitrogens with one attached hydrogen (secondary N) is 1. The van der Waals surface area contributed by atoms with Gasteiger partial charge in [-0.15, -0.1) is 23.5 Å². The molecule has 6 rings (SSSR count). The lowest BCUT2D eigenvalue weighted by Gasteiger charge is -2.24. The number of rotatable bonds is 6. The summed E-state index contributed by atoms with van der Waals surface area (Å²) in [6.07, 6.45) is 2.79. The third-order valence-electron chi connectivity index (χ3n) is 7.63. The first-order valence-corrected chi connectivity index (χ1v) is 16.3. The Hall–Kier alpha value is -2.32. The van der Waals surface area contributed by atoms with Gasteiger partial charge >= 0.3 is 0 Å². The third-order valence-corrected chi connectivity index (χ3v) is 9.73. The number of nitrogens with zero attached hydrogens (tertiary/aromatic N) is 3. The molecule has 0 radical (unpaired) electrons. The van der Waals surface area contributed by atoms with Gasteiger partial charge < -0.3 is 16.0 Å². The number of thioether (sulfide) groups is 2. The molecule has 0 amide bonds. The van der Waals surface area contributed by atoms with Gasteiger partial charge in [0.05, 0.1) is 11.0 Å². The van der Waals surface area contributed by atoms with Crippen molar-refractivity contribution < 1.29 is 0 Å². The molecule has 1 fully saturated rings. The van der Waals surface area contributed by atoms with Gasteiger partial charge in [0.15, 0.2) is 0 Å². The van der Waals surface area contributed by atoms with Crippen LogP contribution in [-0.4, -0.2) is 45.6 Å². The first-order valence-electron chi connectivity index (χ1n) is 14.6. The van der Waals surface area contributed by atoms with E-state index in [-0.39, 0.29) is 10.8 Å². The molecule has 3 N–H and O–H groups in total. The molecule has 2 aromatic carbocycles. The van der Waals surface area contributed by atoms with E-state index in [0.717, 1.165) is 62.2 Å². The summed E-state index contributed by atoms with van der Waals surface area (Å²) in [4.78, 5) is 15.5. The first-order chi connectivity index (χ1) is 19.1. The van der Waals surface area contributed by atoms with Gasteiger partial charge in [0.2, 0.25) is 0 Å². The molecule has 2 aromatic heterocycles. The fraction of sp³-hybridized carbons (Fsp3) is 0.455. The van der Waals surface area contributed by atoms with Crippen molar-refractivity contribution in [1.29, 1.82) is 0 Å². The highest BCUT2D eigenvalue weighted by Gasteiger charge is 2.24. The minimum absolute atomic E-state index is 0.158. The van der Waals surface area contributed by atoms with Crippen LogP contribution in [0.2, 0.25) is 0 Å². The SMILES string of the molecule is CC(C)Sc1ccc2c(N3CC[C@@H](N)C3)cc(Cc3c4c(nc5cc(SC(C)(C)C)ccc35)CCNC4)nc2c1. The molecule has 1 atom stereocenters. The molecule has 0 unspecified atom stereocenters. The Bertz CT molecular complexity index is 1560. The highest BCUT2D eigenvalue weighted by atomic mass is 32.2. The monoisotopic (exact) mass is 571 g/mol. The minimum atomic E-state index is 0.158. The van der Waals surface area contributed by atoms with Crippen molar-refractivity contribution in [2.45, 2.75) is 86.3 Å². The van der Waals surface area contributed by atoms with Crippen molar-refractivity contribution in [3.05, 3.63) is 65.0 Å². The lowest BCUT2D eigenvalue weighted by molar-refractivity contribution is 0.628. The average Bonchev–Trinajstić information content (AvgIpc) is 3.32. The second-order valence-electron chi connectivity index (χ2n) is 12.5. The number of anilines is 1. The van der Waals surface area contributed by atoms with Crippen LogP contribution < -0.4 is 16.0 Å². The predicted molar refractivity (Wildman–Crippen MR) is 173 cm³/mol. The molecule has 4 aromatic rings. The van der Waals surface area contributed by atoms with Crippen molar-refractivity contribution in [3.63, 3.8) is 0 Å². The van der Waals surface area contributed by atoms with E-state index in [4.69, 9.17) is 15.7 Å². The molecule has 0 saturated carbocycles. The molecule has 0 spiro atoms. The van der Waals surface area contributed by atoms with Gasteiger partial charge in [-0.1, -0.05) is 40.7 Å². The van der Waals surface area contributed by atoms with Gasteiger partial charge in [0, 0.05) is 92.7 Å². The molecular weight excluding hydrogens is 531 g/mol. The molecule has 0 aliphatic carbocycles. The molecular formula is C33H41N5S2. The van der Waals surface area contributed by atoms with Crippen LogP contribution in [0.3, 0.4) is 0 Å². The smallest absolute Gasteiger partial charge is 0.0737 e. The van der Waals surface area contributed by atoms with Crippen molar-refractivity contribution in [3.8, 4) is 0 Å². The van der Waals surface area contributed by atoms with Gasteiger partial charge in [-0.3, -0.25) is 9.97 Å². The Labute approximate surface area is 247 Å². The van der Waals surface area contributed by atoms with Crippen molar-refractivity contribution >= 4 is 51.0 Å². The largest absolute Gasteiger partial charge is 0.369 e. The maximum atomic E-state index is 6.36. The first kappa shape index (κ1) is 27.8. The molecule has 1 saturated heterocycles. The fourth-order valence-corrected chi connectivity index (χ4v) is 7.88. The number of hydrogen-bond donors (Lipinski definition) is 2. The summed E-state index contributed by atoms with van der Waals surface area (Å²) >= 11 is 3.80. The van der Waals surface area contributed by atoms with E-state index in [1.54, 1.807) is 0 Å². The van der Waals surface area contributed by atoms with Gasteiger partial charge in [0.1, 0.15) is 0 Å². The highest BCUT2D eigenvalue weighted by molar-refractivity contribution is 8.00. The third kappa shape index (κ3) is 5.98. The number of benzene rings is 2. The van der Waals surface area contributed by atoms with E-state index in [9.17, 15) is 0 Å². The molecule has 4 heterocycles. The van der Waals surface area contributed by atoms with Crippen LogP contribution in [0.5, 0.6) is 0 Å². The maximum absolute atomic E-state index is 6.36. The maximum Gasteiger partial charge on any atom is 0.0737 e. The predicted octanol–water partition coefficient (Wildman–Crippen LogP) is 6.95. The van der Waals surface area contributed by atoms with E-state index in [1.165, 1.54) is 43.1 Å². The Morgan fingerprint density at radius 1 is 1.02 bits per heavy atom. The Morgan fingerprint density at radius 2 is 1.77 bits per heavy atom. The summed E-state index contributed by atoms with van der Waals surface area (Å²) in [5.74, 6) is 0. The molecule has 210 valence electrons. The van der Waals surface area contributed by atoms with E-state index in [0.29, 0.717) is 5.25 Å². The summed E-state index contributed by atoms with van der Waals surface area (Å²) < 4.78 is 0.158. The number of nitrogens with two attached hydrogens (primary N) is 1. The average molecular weight is 572 g/mol. The molecule has 2 aliphatic heterocycles. The molecule has 5 nitrogen and oxygen atoms in total. The summed E-state index contributed by atoms with van der Waals surface area (Å²) in [5, 5.41) is 6.60. The van der Waals surface area contributed by atoms with E-state index in [2.05, 4.69) is 87.3 Å². The van der Waals surface area contributed by atoms with Crippen molar-refractivity contribution in [2.24, 2.45) is 5.73 Å². The van der Waals surface area contributed by atoms with Crippen LogP contribution in [0.25, 0.3) is 21.8 Å². The summed E-state index contributed by atoms with van der Waals surface area (Å²) in [7, 11) is 0. The van der Waals surface area contributed by atoms with E-state index < -0.39 is 0 Å². The van der Waals surface area contributed by atoms with Crippen LogP contribution >= 0.6 is 23.5 Å². The summed E-state index contributed by atoms with van der Waals surface area (Å²) in [5.41, 5.74) is 14.9. The zero-order chi connectivity index (χ0) is 28.0. The van der Waals surface area contributed by atoms with Crippen LogP contribution in [0, 0.1) is 0 Å². The number of pyridine rings is 2. The Balaban J connectivity index is 1.48. The lowest BCUT2D eigenvalue weighted by atomic mass is 9.93. The molecule has 2 aliphatic rings. The second kappa shape index (κ2) is 11.2. The quantitative estimate of drug-likeness (QED) is 0.243. The number of aromatic nitrogens is 2. The van der Waals surface area contributed by atoms with Gasteiger partial charge in [-0.05, 0) is 53.9 Å². The molecule has 7 heteroatoms. The van der Waals surface area contributed by atoms with Crippen LogP contribution in [0.4, 0.5) is 5.69 Å². The Kier molecular flexibility index (Phi) is 7.77. The molecule has 40 heavy (non-hydrogen) atoms. The lowest BCUT2D eigenvalue weighted by Crippen LogP contribution is -2.27. The number of fused-ring (bicyclic) bond motifs is 3. The highest BCUT2D eigenvalue weighted by Crippen LogP contribution is 2.37. The van der Waals surface area contributed by atoms with E-state index in [1.807, 2.05) is 23.5 Å². The van der Waals surface area contributed by atoms with Gasteiger partial charge in [-0.25, -0.2) is 0 Å². The van der Waals surface area contributed by atoms with Crippen molar-refractivity contribution in [2.75, 3.05) is 24.5 Å². The minimum Gasteiger partial charge on any atom is -0.369 e. The zero-order valence-corrected chi connectivity index (χ0v) is 26.0. The van der Waals surface area contributed by atoms with E-state index >= 15 is 0 Å². The van der Waals surface area contributed by atoms with Crippen molar-refractivity contribution in [1.82, 2.24) is 15.3 Å². The van der Waals surface area contributed by atoms with Gasteiger partial charge in [0.25, 0.3) is 0 Å². The summed E-state index contributed by atoms with van der Waals surface area (Å²) in [6, 6.07) is 16.2. The standard InChI is InChI=1S/C33H41N5S2/c1-20(2)39-23-6-9-26-31(16-23)36-22(15-32(26)38-13-11-21(34)19-38)14-27-25-8-7-24(40-33(3,4)5)17-30(25)37-29-10-12-35-18-28(27)29/h6-9,15-17,20-21,35H,10-14,18-19,34H2,1-5H3/t21-/m1/s1. The van der Waals surface area contributed by atoms with Crippen LogP contribution in [0.15, 0.2) is 52.3 Å².